The lowest BCUT2D eigenvalue weighted by Crippen LogP contribution is -2.28. The fourth-order valence-corrected chi connectivity index (χ4v) is 3.47. The summed E-state index contributed by atoms with van der Waals surface area (Å²) in [4.78, 5) is 33.0. The first-order chi connectivity index (χ1) is 14.1. The molecule has 0 aliphatic carbocycles. The summed E-state index contributed by atoms with van der Waals surface area (Å²) in [6.45, 7) is 2.51. The maximum Gasteiger partial charge on any atom is 0.223 e. The second kappa shape index (κ2) is 10.4. The number of hydrogen-bond donors (Lipinski definition) is 1. The molecule has 0 bridgehead atoms. The Hall–Kier alpha value is -2.35. The smallest absolute Gasteiger partial charge is 0.223 e. The number of aromatic nitrogens is 2. The summed E-state index contributed by atoms with van der Waals surface area (Å²) in [5.41, 5.74) is 2.87. The Balaban J connectivity index is 1.79. The normalized spacial score (nSPS) is 14.7. The number of aldehydes is 2. The third kappa shape index (κ3) is 5.82. The third-order valence-electron chi connectivity index (χ3n) is 4.99. The average molecular weight is 417 g/mol. The van der Waals surface area contributed by atoms with Gasteiger partial charge in [-0.3, -0.25) is 9.69 Å². The van der Waals surface area contributed by atoms with E-state index in [1.165, 1.54) is 0 Å². The second-order valence-electron chi connectivity index (χ2n) is 7.13. The van der Waals surface area contributed by atoms with Crippen molar-refractivity contribution in [3.63, 3.8) is 0 Å². The fourth-order valence-electron chi connectivity index (χ4n) is 3.27. The van der Waals surface area contributed by atoms with Crippen molar-refractivity contribution in [2.75, 3.05) is 38.7 Å². The van der Waals surface area contributed by atoms with Gasteiger partial charge in [-0.2, -0.15) is 0 Å². The Morgan fingerprint density at radius 2 is 2.10 bits per heavy atom. The van der Waals surface area contributed by atoms with Crippen LogP contribution in [0.25, 0.3) is 11.3 Å². The van der Waals surface area contributed by atoms with Gasteiger partial charge in [0.05, 0.1) is 23.5 Å². The molecule has 0 saturated carbocycles. The Labute approximate surface area is 175 Å². The maximum atomic E-state index is 11.6. The molecular weight excluding hydrogens is 392 g/mol. The molecule has 2 heterocycles. The van der Waals surface area contributed by atoms with Crippen LogP contribution in [-0.4, -0.2) is 66.8 Å². The summed E-state index contributed by atoms with van der Waals surface area (Å²) >= 11 is 6.35. The van der Waals surface area contributed by atoms with Gasteiger partial charge >= 0.3 is 0 Å². The van der Waals surface area contributed by atoms with Crippen LogP contribution in [0.1, 0.15) is 28.8 Å². The van der Waals surface area contributed by atoms with Crippen molar-refractivity contribution in [2.45, 2.75) is 25.3 Å². The Kier molecular flexibility index (Phi) is 7.69. The molecule has 0 unspecified atom stereocenters. The van der Waals surface area contributed by atoms with Crippen molar-refractivity contribution in [3.05, 3.63) is 40.5 Å². The number of ether oxygens (including phenoxy) is 1. The minimum Gasteiger partial charge on any atom is -0.381 e. The first-order valence-electron chi connectivity index (χ1n) is 9.68. The van der Waals surface area contributed by atoms with E-state index in [2.05, 4.69) is 15.3 Å². The van der Waals surface area contributed by atoms with Crippen LogP contribution in [0.2, 0.25) is 5.02 Å². The summed E-state index contributed by atoms with van der Waals surface area (Å²) < 4.78 is 5.38. The number of benzene rings is 1. The Morgan fingerprint density at radius 1 is 1.31 bits per heavy atom. The first-order valence-corrected chi connectivity index (χ1v) is 10.1. The monoisotopic (exact) mass is 416 g/mol. The Bertz CT molecular complexity index is 856. The molecule has 1 fully saturated rings. The Morgan fingerprint density at radius 3 is 2.83 bits per heavy atom. The van der Waals surface area contributed by atoms with Gasteiger partial charge in [0.25, 0.3) is 0 Å². The van der Waals surface area contributed by atoms with Crippen LogP contribution in [0.5, 0.6) is 0 Å². The average Bonchev–Trinajstić information content (AvgIpc) is 2.74. The van der Waals surface area contributed by atoms with Gasteiger partial charge in [-0.05, 0) is 37.9 Å². The molecule has 154 valence electrons. The van der Waals surface area contributed by atoms with E-state index in [4.69, 9.17) is 16.3 Å². The van der Waals surface area contributed by atoms with Crippen molar-refractivity contribution in [1.82, 2.24) is 14.9 Å². The predicted octanol–water partition coefficient (Wildman–Crippen LogP) is 2.87. The summed E-state index contributed by atoms with van der Waals surface area (Å²) in [6, 6.07) is 5.90. The summed E-state index contributed by atoms with van der Waals surface area (Å²) in [6.07, 6.45) is 5.77. The van der Waals surface area contributed by atoms with Crippen LogP contribution in [0.3, 0.4) is 0 Å². The molecule has 1 aliphatic rings. The topological polar surface area (TPSA) is 84.4 Å². The highest BCUT2D eigenvalue weighted by Crippen LogP contribution is 2.28. The van der Waals surface area contributed by atoms with Crippen LogP contribution in [0.15, 0.2) is 24.4 Å². The molecule has 0 spiro atoms. The minimum atomic E-state index is 0.272. The molecule has 1 aromatic heterocycles. The third-order valence-corrected chi connectivity index (χ3v) is 5.27. The van der Waals surface area contributed by atoms with Gasteiger partial charge in [0.1, 0.15) is 12.6 Å². The zero-order valence-electron chi connectivity index (χ0n) is 16.4. The summed E-state index contributed by atoms with van der Waals surface area (Å²) in [7, 11) is 1.87. The molecular formula is C21H25ClN4O3. The quantitative estimate of drug-likeness (QED) is 0.629. The first kappa shape index (κ1) is 21.4. The molecule has 29 heavy (non-hydrogen) atoms. The molecule has 7 nitrogen and oxygen atoms in total. The van der Waals surface area contributed by atoms with Crippen LogP contribution in [0, 0.1) is 0 Å². The number of nitrogens with zero attached hydrogens (tertiary/aromatic N) is 3. The van der Waals surface area contributed by atoms with Crippen LogP contribution < -0.4 is 5.32 Å². The van der Waals surface area contributed by atoms with E-state index < -0.39 is 0 Å². The lowest BCUT2D eigenvalue weighted by molar-refractivity contribution is -0.108. The van der Waals surface area contributed by atoms with Crippen molar-refractivity contribution in [1.29, 1.82) is 0 Å². The van der Waals surface area contributed by atoms with Crippen molar-refractivity contribution >= 4 is 30.1 Å². The lowest BCUT2D eigenvalue weighted by atomic mass is 10.0. The lowest BCUT2D eigenvalue weighted by Gasteiger charge is -2.23. The van der Waals surface area contributed by atoms with Gasteiger partial charge in [0.2, 0.25) is 5.95 Å². The number of carbonyl (C=O) groups excluding carboxylic acids is 2. The van der Waals surface area contributed by atoms with E-state index in [9.17, 15) is 9.59 Å². The van der Waals surface area contributed by atoms with Gasteiger partial charge in [0, 0.05) is 36.9 Å². The molecule has 1 saturated heterocycles. The highest BCUT2D eigenvalue weighted by Gasteiger charge is 2.16. The number of nitrogens with one attached hydrogen (secondary N) is 1. The highest BCUT2D eigenvalue weighted by molar-refractivity contribution is 6.32. The molecule has 3 rings (SSSR count). The minimum absolute atomic E-state index is 0.272. The van der Waals surface area contributed by atoms with Crippen LogP contribution in [-0.2, 0) is 16.0 Å². The molecule has 8 heteroatoms. The van der Waals surface area contributed by atoms with Crippen molar-refractivity contribution in [3.8, 4) is 11.3 Å². The number of anilines is 1. The van der Waals surface area contributed by atoms with E-state index in [0.717, 1.165) is 49.8 Å². The fraction of sp³-hybridized carbons (Fsp3) is 0.429. The molecule has 0 amide bonds. The SMILES string of the molecule is CN(CC=O)CCc1ccc(-c2nc(NC3CCOCC3)ncc2Cl)cc1C=O. The molecule has 2 aromatic rings. The molecule has 1 aromatic carbocycles. The van der Waals surface area contributed by atoms with E-state index in [-0.39, 0.29) is 6.04 Å². The van der Waals surface area contributed by atoms with Gasteiger partial charge in [-0.15, -0.1) is 0 Å². The summed E-state index contributed by atoms with van der Waals surface area (Å²) in [5, 5.41) is 3.77. The van der Waals surface area contributed by atoms with E-state index in [1.807, 2.05) is 24.1 Å². The van der Waals surface area contributed by atoms with E-state index in [1.54, 1.807) is 12.3 Å². The van der Waals surface area contributed by atoms with Crippen LogP contribution in [0.4, 0.5) is 5.95 Å². The van der Waals surface area contributed by atoms with Gasteiger partial charge in [-0.1, -0.05) is 23.7 Å². The highest BCUT2D eigenvalue weighted by atomic mass is 35.5. The molecule has 1 N–H and O–H groups in total. The maximum absolute atomic E-state index is 11.6. The van der Waals surface area contributed by atoms with Gasteiger partial charge in [0.15, 0.2) is 0 Å². The van der Waals surface area contributed by atoms with E-state index >= 15 is 0 Å². The molecule has 1 aliphatic heterocycles. The zero-order valence-corrected chi connectivity index (χ0v) is 17.2. The van der Waals surface area contributed by atoms with Gasteiger partial charge in [-0.25, -0.2) is 9.97 Å². The van der Waals surface area contributed by atoms with Gasteiger partial charge < -0.3 is 14.8 Å². The molecule has 0 radical (unpaired) electrons. The van der Waals surface area contributed by atoms with Crippen molar-refractivity contribution in [2.24, 2.45) is 0 Å². The number of carbonyl (C=O) groups is 2. The van der Waals surface area contributed by atoms with Crippen molar-refractivity contribution < 1.29 is 14.3 Å². The number of rotatable bonds is 9. The predicted molar refractivity (Wildman–Crippen MR) is 113 cm³/mol. The second-order valence-corrected chi connectivity index (χ2v) is 7.54. The van der Waals surface area contributed by atoms with E-state index in [0.29, 0.717) is 41.7 Å². The number of hydrogen-bond acceptors (Lipinski definition) is 7. The van der Waals surface area contributed by atoms with Crippen LogP contribution >= 0.6 is 11.6 Å². The standard InChI is InChI=1S/C21H25ClN4O3/c1-26(8-9-27)7-4-15-2-3-16(12-17(15)14-28)20-19(22)13-23-21(25-20)24-18-5-10-29-11-6-18/h2-3,9,12-14,18H,4-8,10-11H2,1H3,(H,23,24,25). The molecule has 0 atom stereocenters. The summed E-state index contributed by atoms with van der Waals surface area (Å²) in [5.74, 6) is 0.517. The number of halogens is 1. The largest absolute Gasteiger partial charge is 0.381 e. The number of likely N-dealkylation sites (N-methyl/N-ethyl adjacent to an activating group) is 1. The zero-order chi connectivity index (χ0) is 20.6.